The van der Waals surface area contributed by atoms with Crippen molar-refractivity contribution in [1.82, 2.24) is 9.97 Å². The number of morpholine rings is 1. The molecule has 4 aromatic rings. The molecule has 0 saturated carbocycles. The van der Waals surface area contributed by atoms with Crippen LogP contribution in [0.25, 0.3) is 0 Å². The second kappa shape index (κ2) is 11.4. The monoisotopic (exact) mass is 560 g/mol. The number of aromatic amines is 1. The third kappa shape index (κ3) is 5.38. The molecule has 2 aliphatic heterocycles. The largest absolute Gasteiger partial charge is 0.481 e. The molecule has 0 amide bonds. The third-order valence-electron chi connectivity index (χ3n) is 6.77. The molecule has 0 bridgehead atoms. The topological polar surface area (TPSA) is 99.7 Å². The van der Waals surface area contributed by atoms with Crippen molar-refractivity contribution in [2.45, 2.75) is 31.7 Å². The van der Waals surface area contributed by atoms with Crippen LogP contribution in [-0.2, 0) is 4.74 Å². The van der Waals surface area contributed by atoms with Gasteiger partial charge < -0.3 is 29.8 Å². The Hall–Kier alpha value is -3.44. The van der Waals surface area contributed by atoms with Crippen LogP contribution in [0.4, 0.5) is 11.4 Å². The summed E-state index contributed by atoms with van der Waals surface area (Å²) in [6, 6.07) is 21.5. The molecule has 0 spiro atoms. The van der Waals surface area contributed by atoms with E-state index < -0.39 is 0 Å². The second-order valence-electron chi connectivity index (χ2n) is 9.21. The number of rotatable bonds is 7. The van der Waals surface area contributed by atoms with E-state index in [0.29, 0.717) is 37.0 Å². The minimum Gasteiger partial charge on any atom is -0.481 e. The SMILES string of the molecule is COc1cccc(C(CO)Nc2ccc3c(c2)Sc2cccc(C4CN(c5ccc[nH]c5=O)CCO4)c2S3)n1. The van der Waals surface area contributed by atoms with Crippen LogP contribution in [-0.4, -0.2) is 48.5 Å². The molecular formula is C29H28N4O4S2. The maximum absolute atomic E-state index is 12.4. The first kappa shape index (κ1) is 25.8. The van der Waals surface area contributed by atoms with Gasteiger partial charge in [-0.3, -0.25) is 4.79 Å². The van der Waals surface area contributed by atoms with Crippen molar-refractivity contribution < 1.29 is 14.6 Å². The lowest BCUT2D eigenvalue weighted by molar-refractivity contribution is 0.0378. The first-order valence-corrected chi connectivity index (χ1v) is 14.3. The van der Waals surface area contributed by atoms with Crippen LogP contribution in [0.15, 0.2) is 97.3 Å². The number of ether oxygens (including phenoxy) is 2. The van der Waals surface area contributed by atoms with Gasteiger partial charge in [0.1, 0.15) is 11.8 Å². The third-order valence-corrected chi connectivity index (χ3v) is 9.38. The van der Waals surface area contributed by atoms with Gasteiger partial charge in [0.05, 0.1) is 32.1 Å². The average Bonchev–Trinajstić information content (AvgIpc) is 2.98. The predicted molar refractivity (Wildman–Crippen MR) is 153 cm³/mol. The number of aliphatic hydroxyl groups is 1. The first-order valence-electron chi connectivity index (χ1n) is 12.7. The molecule has 3 N–H and O–H groups in total. The number of hydrogen-bond acceptors (Lipinski definition) is 9. The smallest absolute Gasteiger partial charge is 0.271 e. The highest BCUT2D eigenvalue weighted by molar-refractivity contribution is 8.05. The van der Waals surface area contributed by atoms with E-state index in [9.17, 15) is 9.90 Å². The van der Waals surface area contributed by atoms with E-state index in [1.807, 2.05) is 30.3 Å². The summed E-state index contributed by atoms with van der Waals surface area (Å²) in [5, 5.41) is 13.5. The first-order chi connectivity index (χ1) is 19.1. The van der Waals surface area contributed by atoms with Gasteiger partial charge in [0.25, 0.3) is 5.56 Å². The zero-order chi connectivity index (χ0) is 26.8. The van der Waals surface area contributed by atoms with E-state index in [4.69, 9.17) is 9.47 Å². The standard InChI is InChI=1S/C29H28N4O4S2/c1-36-27-9-3-6-20(32-27)21(17-34)31-18-10-11-24-26(15-18)38-25-8-2-5-19(28(25)39-24)23-16-33(13-14-37-23)22-7-4-12-30-29(22)35/h2-12,15,21,23,31,34H,13-14,16-17H2,1H3,(H,30,35). The lowest BCUT2D eigenvalue weighted by Gasteiger charge is -2.35. The zero-order valence-corrected chi connectivity index (χ0v) is 22.9. The van der Waals surface area contributed by atoms with Gasteiger partial charge in [0, 0.05) is 50.6 Å². The molecular weight excluding hydrogens is 532 g/mol. The van der Waals surface area contributed by atoms with Crippen molar-refractivity contribution in [3.05, 3.63) is 94.5 Å². The van der Waals surface area contributed by atoms with Crippen molar-refractivity contribution >= 4 is 34.9 Å². The van der Waals surface area contributed by atoms with Gasteiger partial charge in [-0.2, -0.15) is 0 Å². The molecule has 1 saturated heterocycles. The van der Waals surface area contributed by atoms with E-state index in [1.165, 1.54) is 9.79 Å². The van der Waals surface area contributed by atoms with E-state index >= 15 is 0 Å². The number of pyridine rings is 2. The Balaban J connectivity index is 1.22. The maximum atomic E-state index is 12.4. The van der Waals surface area contributed by atoms with Crippen LogP contribution in [0.2, 0.25) is 0 Å². The molecule has 2 aromatic heterocycles. The summed E-state index contributed by atoms with van der Waals surface area (Å²) < 4.78 is 11.5. The van der Waals surface area contributed by atoms with Gasteiger partial charge in [-0.15, -0.1) is 0 Å². The molecule has 200 valence electrons. The fraction of sp³-hybridized carbons (Fsp3) is 0.241. The number of hydrogen-bond donors (Lipinski definition) is 3. The molecule has 8 nitrogen and oxygen atoms in total. The Labute approximate surface area is 234 Å². The molecule has 1 fully saturated rings. The fourth-order valence-corrected chi connectivity index (χ4v) is 7.29. The molecule has 4 heterocycles. The highest BCUT2D eigenvalue weighted by atomic mass is 32.2. The molecule has 2 aliphatic rings. The molecule has 2 atom stereocenters. The summed E-state index contributed by atoms with van der Waals surface area (Å²) in [6.45, 7) is 1.75. The van der Waals surface area contributed by atoms with Crippen molar-refractivity contribution in [2.75, 3.05) is 43.6 Å². The lowest BCUT2D eigenvalue weighted by atomic mass is 10.1. The highest BCUT2D eigenvalue weighted by Gasteiger charge is 2.29. The van der Waals surface area contributed by atoms with E-state index in [2.05, 4.69) is 50.5 Å². The van der Waals surface area contributed by atoms with Gasteiger partial charge in [0.15, 0.2) is 0 Å². The molecule has 0 aliphatic carbocycles. The predicted octanol–water partition coefficient (Wildman–Crippen LogP) is 5.12. The Morgan fingerprint density at radius 3 is 2.87 bits per heavy atom. The minimum absolute atomic E-state index is 0.0814. The van der Waals surface area contributed by atoms with Crippen LogP contribution in [0.5, 0.6) is 5.88 Å². The number of fused-ring (bicyclic) bond motifs is 2. The van der Waals surface area contributed by atoms with E-state index in [0.717, 1.165) is 21.0 Å². The lowest BCUT2D eigenvalue weighted by Crippen LogP contribution is -2.41. The zero-order valence-electron chi connectivity index (χ0n) is 21.3. The molecule has 10 heteroatoms. The summed E-state index contributed by atoms with van der Waals surface area (Å²) in [4.78, 5) is 26.4. The van der Waals surface area contributed by atoms with Crippen molar-refractivity contribution in [3.63, 3.8) is 0 Å². The Morgan fingerprint density at radius 2 is 2.03 bits per heavy atom. The van der Waals surface area contributed by atoms with Gasteiger partial charge in [0.2, 0.25) is 5.88 Å². The van der Waals surface area contributed by atoms with Gasteiger partial charge in [-0.25, -0.2) is 4.98 Å². The Morgan fingerprint density at radius 1 is 1.13 bits per heavy atom. The number of nitrogens with zero attached hydrogens (tertiary/aromatic N) is 2. The van der Waals surface area contributed by atoms with Crippen LogP contribution in [0.1, 0.15) is 23.4 Å². The van der Waals surface area contributed by atoms with Gasteiger partial charge >= 0.3 is 0 Å². The number of aromatic nitrogens is 2. The van der Waals surface area contributed by atoms with Crippen LogP contribution in [0.3, 0.4) is 0 Å². The molecule has 39 heavy (non-hydrogen) atoms. The summed E-state index contributed by atoms with van der Waals surface area (Å²) >= 11 is 3.47. The molecule has 0 radical (unpaired) electrons. The maximum Gasteiger partial charge on any atom is 0.271 e. The molecule has 6 rings (SSSR count). The number of nitrogens with one attached hydrogen (secondary N) is 2. The summed E-state index contributed by atoms with van der Waals surface area (Å²) in [5.41, 5.74) is 3.35. The number of methoxy groups -OCH3 is 1. The fourth-order valence-electron chi connectivity index (χ4n) is 4.84. The van der Waals surface area contributed by atoms with Crippen molar-refractivity contribution in [1.29, 1.82) is 0 Å². The van der Waals surface area contributed by atoms with E-state index in [1.54, 1.807) is 42.9 Å². The van der Waals surface area contributed by atoms with Crippen molar-refractivity contribution in [3.8, 4) is 5.88 Å². The number of benzene rings is 2. The number of H-pyrrole nitrogens is 1. The molecule has 2 aromatic carbocycles. The summed E-state index contributed by atoms with van der Waals surface area (Å²) in [5.74, 6) is 0.512. The van der Waals surface area contributed by atoms with Crippen molar-refractivity contribution in [2.24, 2.45) is 0 Å². The number of anilines is 2. The second-order valence-corrected chi connectivity index (χ2v) is 11.4. The minimum atomic E-state index is -0.360. The summed E-state index contributed by atoms with van der Waals surface area (Å²) in [7, 11) is 1.58. The quantitative estimate of drug-likeness (QED) is 0.251. The van der Waals surface area contributed by atoms with Crippen LogP contribution < -0.4 is 20.5 Å². The molecule has 2 unspecified atom stereocenters. The highest BCUT2D eigenvalue weighted by Crippen LogP contribution is 2.52. The Bertz CT molecular complexity index is 1550. The van der Waals surface area contributed by atoms with E-state index in [-0.39, 0.29) is 24.3 Å². The normalized spacial score (nSPS) is 17.2. The average molecular weight is 561 g/mol. The number of aliphatic hydroxyl groups excluding tert-OH is 1. The summed E-state index contributed by atoms with van der Waals surface area (Å²) in [6.07, 6.45) is 1.52. The Kier molecular flexibility index (Phi) is 7.51. The van der Waals surface area contributed by atoms with Gasteiger partial charge in [-0.1, -0.05) is 41.7 Å². The van der Waals surface area contributed by atoms with Crippen LogP contribution in [0, 0.1) is 0 Å². The van der Waals surface area contributed by atoms with Gasteiger partial charge in [-0.05, 0) is 48.0 Å². The van der Waals surface area contributed by atoms with Crippen LogP contribution >= 0.6 is 23.5 Å².